The molecule has 0 aliphatic heterocycles. The number of nitrogens with zero attached hydrogens (tertiary/aromatic N) is 1. The van der Waals surface area contributed by atoms with Gasteiger partial charge in [-0.15, -0.1) is 0 Å². The highest BCUT2D eigenvalue weighted by Crippen LogP contribution is 2.31. The maximum atomic E-state index is 10.9. The summed E-state index contributed by atoms with van der Waals surface area (Å²) < 4.78 is 6.10. The average Bonchev–Trinajstić information content (AvgIpc) is 2.46. The average molecular weight is 372 g/mol. The molecule has 0 spiro atoms. The van der Waals surface area contributed by atoms with Crippen LogP contribution in [0.3, 0.4) is 0 Å². The summed E-state index contributed by atoms with van der Waals surface area (Å²) in [5, 5.41) is 11.4. The minimum Gasteiger partial charge on any atom is -0.488 e. The molecule has 0 aliphatic carbocycles. The summed E-state index contributed by atoms with van der Waals surface area (Å²) in [5.74, 6) is 0.573. The molecule has 0 aromatic heterocycles. The van der Waals surface area contributed by atoms with Gasteiger partial charge in [-0.1, -0.05) is 29.8 Å². The number of hydrogen-bond acceptors (Lipinski definition) is 4. The first-order valence-corrected chi connectivity index (χ1v) is 7.23. The zero-order chi connectivity index (χ0) is 15.4. The number of ether oxygens (including phenoxy) is 1. The van der Waals surface area contributed by atoms with Gasteiger partial charge in [-0.2, -0.15) is 0 Å². The predicted molar refractivity (Wildman–Crippen MR) is 84.5 cm³/mol. The van der Waals surface area contributed by atoms with E-state index in [-0.39, 0.29) is 18.8 Å². The number of nitrogens with two attached hydrogens (primary N) is 1. The second-order valence-electron chi connectivity index (χ2n) is 4.22. The zero-order valence-corrected chi connectivity index (χ0v) is 13.2. The normalized spacial score (nSPS) is 10.4. The van der Waals surface area contributed by atoms with Crippen molar-refractivity contribution < 1.29 is 9.66 Å². The highest BCUT2D eigenvalue weighted by molar-refractivity contribution is 9.10. The quantitative estimate of drug-likeness (QED) is 0.635. The lowest BCUT2D eigenvalue weighted by Gasteiger charge is -2.12. The summed E-state index contributed by atoms with van der Waals surface area (Å²) >= 11 is 9.28. The molecule has 0 amide bonds. The highest BCUT2D eigenvalue weighted by Gasteiger charge is 2.15. The predicted octanol–water partition coefficient (Wildman–Crippen LogP) is 4.05. The molecule has 0 saturated carbocycles. The summed E-state index contributed by atoms with van der Waals surface area (Å²) in [7, 11) is 0. The molecule has 2 aromatic rings. The second kappa shape index (κ2) is 6.89. The van der Waals surface area contributed by atoms with Crippen LogP contribution in [-0.2, 0) is 13.2 Å². The minimum absolute atomic E-state index is 0.00115. The number of nitro groups is 1. The Balaban J connectivity index is 2.23. The van der Waals surface area contributed by atoms with Crippen molar-refractivity contribution >= 4 is 33.2 Å². The van der Waals surface area contributed by atoms with E-state index in [1.54, 1.807) is 30.3 Å². The first-order valence-electron chi connectivity index (χ1n) is 6.06. The zero-order valence-electron chi connectivity index (χ0n) is 10.9. The summed E-state index contributed by atoms with van der Waals surface area (Å²) in [6, 6.07) is 10.1. The maximum Gasteiger partial charge on any atom is 0.283 e. The molecule has 0 atom stereocenters. The van der Waals surface area contributed by atoms with Gasteiger partial charge in [-0.25, -0.2) is 0 Å². The van der Waals surface area contributed by atoms with Crippen molar-refractivity contribution in [3.8, 4) is 5.75 Å². The Kier molecular flexibility index (Phi) is 5.17. The van der Waals surface area contributed by atoms with E-state index < -0.39 is 4.92 Å². The number of hydrogen-bond donors (Lipinski definition) is 1. The molecule has 21 heavy (non-hydrogen) atoms. The van der Waals surface area contributed by atoms with Crippen LogP contribution in [0.1, 0.15) is 11.1 Å². The van der Waals surface area contributed by atoms with E-state index in [2.05, 4.69) is 15.9 Å². The summed E-state index contributed by atoms with van der Waals surface area (Å²) in [6.07, 6.45) is 0. The highest BCUT2D eigenvalue weighted by atomic mass is 79.9. The Morgan fingerprint density at radius 3 is 2.67 bits per heavy atom. The fourth-order valence-electron chi connectivity index (χ4n) is 1.85. The molecule has 110 valence electrons. The molecule has 2 N–H and O–H groups in total. The van der Waals surface area contributed by atoms with E-state index in [1.165, 1.54) is 6.07 Å². The van der Waals surface area contributed by atoms with Gasteiger partial charge in [0.25, 0.3) is 5.69 Å². The number of benzene rings is 2. The standard InChI is InChI=1S/C14H12BrClN2O3/c15-14-9(3-1-5-12(14)18(19)20)8-21-13-6-2-4-11(16)10(13)7-17/h1-6H,7-8,17H2. The van der Waals surface area contributed by atoms with Crippen molar-refractivity contribution in [3.05, 3.63) is 67.1 Å². The summed E-state index contributed by atoms with van der Waals surface area (Å²) in [4.78, 5) is 10.4. The Hall–Kier alpha value is -1.63. The largest absolute Gasteiger partial charge is 0.488 e. The lowest BCUT2D eigenvalue weighted by atomic mass is 10.2. The van der Waals surface area contributed by atoms with Gasteiger partial charge in [0.05, 0.1) is 4.92 Å². The fraction of sp³-hybridized carbons (Fsp3) is 0.143. The van der Waals surface area contributed by atoms with Gasteiger partial charge in [0.1, 0.15) is 16.8 Å². The smallest absolute Gasteiger partial charge is 0.283 e. The second-order valence-corrected chi connectivity index (χ2v) is 5.42. The summed E-state index contributed by atoms with van der Waals surface area (Å²) in [5.41, 5.74) is 7.03. The van der Waals surface area contributed by atoms with E-state index in [4.69, 9.17) is 22.1 Å². The van der Waals surface area contributed by atoms with Gasteiger partial charge in [0.15, 0.2) is 0 Å². The molecule has 0 fully saturated rings. The van der Waals surface area contributed by atoms with Crippen molar-refractivity contribution in [1.82, 2.24) is 0 Å². The Bertz CT molecular complexity index is 679. The fourth-order valence-corrected chi connectivity index (χ4v) is 2.61. The Morgan fingerprint density at radius 2 is 2.00 bits per heavy atom. The molecular weight excluding hydrogens is 360 g/mol. The van der Waals surface area contributed by atoms with Gasteiger partial charge >= 0.3 is 0 Å². The van der Waals surface area contributed by atoms with Crippen LogP contribution in [0.2, 0.25) is 5.02 Å². The number of halogens is 2. The van der Waals surface area contributed by atoms with E-state index in [0.717, 1.165) is 0 Å². The Morgan fingerprint density at radius 1 is 1.29 bits per heavy atom. The third-order valence-corrected chi connectivity index (χ3v) is 4.19. The first-order chi connectivity index (χ1) is 10.0. The van der Waals surface area contributed by atoms with Gasteiger partial charge in [0.2, 0.25) is 0 Å². The van der Waals surface area contributed by atoms with E-state index >= 15 is 0 Å². The van der Waals surface area contributed by atoms with E-state index in [1.807, 2.05) is 0 Å². The molecule has 2 rings (SSSR count). The Labute approximate surface area is 134 Å². The topological polar surface area (TPSA) is 78.4 Å². The molecule has 5 nitrogen and oxygen atoms in total. The van der Waals surface area contributed by atoms with Crippen molar-refractivity contribution in [2.75, 3.05) is 0 Å². The van der Waals surface area contributed by atoms with Crippen LogP contribution in [0.4, 0.5) is 5.69 Å². The molecule has 0 radical (unpaired) electrons. The van der Waals surface area contributed by atoms with Crippen LogP contribution in [0.25, 0.3) is 0 Å². The van der Waals surface area contributed by atoms with Crippen LogP contribution >= 0.6 is 27.5 Å². The van der Waals surface area contributed by atoms with Gasteiger partial charge < -0.3 is 10.5 Å². The van der Waals surface area contributed by atoms with Gasteiger partial charge in [-0.3, -0.25) is 10.1 Å². The molecule has 0 saturated heterocycles. The third-order valence-electron chi connectivity index (χ3n) is 2.92. The molecule has 0 heterocycles. The van der Waals surface area contributed by atoms with Crippen LogP contribution in [0, 0.1) is 10.1 Å². The van der Waals surface area contributed by atoms with Crippen molar-refractivity contribution in [1.29, 1.82) is 0 Å². The van der Waals surface area contributed by atoms with Crippen molar-refractivity contribution in [3.63, 3.8) is 0 Å². The van der Waals surface area contributed by atoms with E-state index in [0.29, 0.717) is 26.4 Å². The first kappa shape index (κ1) is 15.8. The number of rotatable bonds is 5. The SMILES string of the molecule is NCc1c(Cl)cccc1OCc1cccc([N+](=O)[O-])c1Br. The van der Waals surface area contributed by atoms with Crippen molar-refractivity contribution in [2.45, 2.75) is 13.2 Å². The lowest BCUT2D eigenvalue weighted by molar-refractivity contribution is -0.385. The van der Waals surface area contributed by atoms with Gasteiger partial charge in [0, 0.05) is 28.8 Å². The van der Waals surface area contributed by atoms with Gasteiger partial charge in [-0.05, 0) is 28.1 Å². The maximum absolute atomic E-state index is 10.9. The van der Waals surface area contributed by atoms with E-state index in [9.17, 15) is 10.1 Å². The lowest BCUT2D eigenvalue weighted by Crippen LogP contribution is -2.04. The van der Waals surface area contributed by atoms with Crippen LogP contribution in [0.15, 0.2) is 40.9 Å². The van der Waals surface area contributed by atoms with Crippen molar-refractivity contribution in [2.24, 2.45) is 5.73 Å². The van der Waals surface area contributed by atoms with Crippen LogP contribution < -0.4 is 10.5 Å². The van der Waals surface area contributed by atoms with Crippen LogP contribution in [-0.4, -0.2) is 4.92 Å². The molecule has 2 aromatic carbocycles. The van der Waals surface area contributed by atoms with Crippen LogP contribution in [0.5, 0.6) is 5.75 Å². The molecule has 7 heteroatoms. The monoisotopic (exact) mass is 370 g/mol. The minimum atomic E-state index is -0.446. The molecule has 0 unspecified atom stereocenters. The number of nitro benzene ring substituents is 1. The molecule has 0 aliphatic rings. The molecule has 0 bridgehead atoms. The summed E-state index contributed by atoms with van der Waals surface area (Å²) in [6.45, 7) is 0.431. The molecular formula is C14H12BrClN2O3. The third kappa shape index (κ3) is 3.53.